The minimum atomic E-state index is 0.930. The third-order valence-electron chi connectivity index (χ3n) is 2.00. The van der Waals surface area contributed by atoms with E-state index < -0.39 is 0 Å². The first-order valence-corrected chi connectivity index (χ1v) is 4.99. The number of fused-ring (bicyclic) bond motifs is 1. The molecule has 0 saturated heterocycles. The van der Waals surface area contributed by atoms with Gasteiger partial charge in [0.1, 0.15) is 5.52 Å². The highest BCUT2D eigenvalue weighted by molar-refractivity contribution is 9.10. The maximum Gasteiger partial charge on any atom is 0.103 e. The molecule has 1 aromatic carbocycles. The summed E-state index contributed by atoms with van der Waals surface area (Å²) in [6, 6.07) is 4.17. The summed E-state index contributed by atoms with van der Waals surface area (Å²) in [6.07, 6.45) is 4.44. The summed E-state index contributed by atoms with van der Waals surface area (Å²) in [7, 11) is 0. The zero-order valence-corrected chi connectivity index (χ0v) is 8.87. The van der Waals surface area contributed by atoms with E-state index in [2.05, 4.69) is 45.0 Å². The number of halogens is 1. The number of rotatable bonds is 1. The first-order valence-electron chi connectivity index (χ1n) is 4.20. The summed E-state index contributed by atoms with van der Waals surface area (Å²) >= 11 is 3.49. The van der Waals surface area contributed by atoms with Gasteiger partial charge < -0.3 is 0 Å². The molecule has 0 amide bonds. The molecule has 2 rings (SSSR count). The van der Waals surface area contributed by atoms with E-state index in [0.29, 0.717) is 0 Å². The van der Waals surface area contributed by atoms with Gasteiger partial charge in [0.05, 0.1) is 5.52 Å². The Morgan fingerprint density at radius 2 is 2.00 bits per heavy atom. The van der Waals surface area contributed by atoms with Crippen LogP contribution in [0.15, 0.2) is 29.0 Å². The van der Waals surface area contributed by atoms with E-state index >= 15 is 0 Å². The minimum Gasteiger partial charge on any atom is -0.253 e. The van der Waals surface area contributed by atoms with Gasteiger partial charge in [0.2, 0.25) is 0 Å². The topological polar surface area (TPSA) is 25.8 Å². The van der Waals surface area contributed by atoms with Crippen LogP contribution >= 0.6 is 15.9 Å². The molecule has 0 N–H and O–H groups in total. The van der Waals surface area contributed by atoms with Gasteiger partial charge in [-0.05, 0) is 40.0 Å². The second-order valence-corrected chi connectivity index (χ2v) is 3.71. The van der Waals surface area contributed by atoms with Gasteiger partial charge >= 0.3 is 0 Å². The average Bonchev–Trinajstić information content (AvgIpc) is 2.18. The summed E-state index contributed by atoms with van der Waals surface area (Å²) in [5.41, 5.74) is 3.16. The van der Waals surface area contributed by atoms with Crippen LogP contribution in [0.3, 0.4) is 0 Å². The predicted octanol–water partition coefficient (Wildman–Crippen LogP) is 2.95. The molecule has 0 aliphatic carbocycles. The van der Waals surface area contributed by atoms with Gasteiger partial charge in [0, 0.05) is 16.9 Å². The second-order valence-electron chi connectivity index (χ2n) is 2.86. The molecule has 1 aromatic heterocycles. The first-order chi connectivity index (χ1) is 6.31. The van der Waals surface area contributed by atoms with E-state index in [9.17, 15) is 0 Å². The van der Waals surface area contributed by atoms with Gasteiger partial charge in [-0.3, -0.25) is 9.97 Å². The number of benzene rings is 1. The van der Waals surface area contributed by atoms with Crippen LogP contribution in [0.2, 0.25) is 0 Å². The summed E-state index contributed by atoms with van der Waals surface area (Å²) in [5, 5.41) is 0. The monoisotopic (exact) mass is 236 g/mol. The van der Waals surface area contributed by atoms with Crippen molar-refractivity contribution in [3.05, 3.63) is 34.6 Å². The van der Waals surface area contributed by atoms with Gasteiger partial charge in [0.25, 0.3) is 0 Å². The fraction of sp³-hybridized carbons (Fsp3) is 0.200. The summed E-state index contributed by atoms with van der Waals surface area (Å²) in [6.45, 7) is 2.13. The SMILES string of the molecule is CCc1cc(Br)c2nccnc2c1. The number of aromatic nitrogens is 2. The van der Waals surface area contributed by atoms with Gasteiger partial charge in [-0.15, -0.1) is 0 Å². The fourth-order valence-electron chi connectivity index (χ4n) is 1.29. The van der Waals surface area contributed by atoms with Crippen LogP contribution in [0.25, 0.3) is 11.0 Å². The Kier molecular flexibility index (Phi) is 2.27. The second kappa shape index (κ2) is 3.42. The zero-order valence-electron chi connectivity index (χ0n) is 7.29. The summed E-state index contributed by atoms with van der Waals surface area (Å²) in [4.78, 5) is 8.50. The maximum absolute atomic E-state index is 4.26. The average molecular weight is 237 g/mol. The van der Waals surface area contributed by atoms with Crippen molar-refractivity contribution in [3.8, 4) is 0 Å². The van der Waals surface area contributed by atoms with Crippen molar-refractivity contribution in [2.45, 2.75) is 13.3 Å². The van der Waals surface area contributed by atoms with E-state index in [4.69, 9.17) is 0 Å². The molecule has 0 bridgehead atoms. The van der Waals surface area contributed by atoms with E-state index in [1.807, 2.05) is 0 Å². The molecule has 0 saturated carbocycles. The molecule has 2 aromatic rings. The first kappa shape index (κ1) is 8.63. The summed E-state index contributed by atoms with van der Waals surface area (Å²) in [5.74, 6) is 0. The molecule has 3 heteroatoms. The summed E-state index contributed by atoms with van der Waals surface area (Å²) < 4.78 is 1.02. The van der Waals surface area contributed by atoms with Crippen LogP contribution < -0.4 is 0 Å². The molecule has 0 fully saturated rings. The Labute approximate surface area is 85.1 Å². The van der Waals surface area contributed by atoms with Gasteiger partial charge in [0.15, 0.2) is 0 Å². The van der Waals surface area contributed by atoms with Crippen LogP contribution in [-0.4, -0.2) is 9.97 Å². The maximum atomic E-state index is 4.26. The lowest BCUT2D eigenvalue weighted by Gasteiger charge is -2.01. The Morgan fingerprint density at radius 1 is 1.23 bits per heavy atom. The molecule has 0 spiro atoms. The smallest absolute Gasteiger partial charge is 0.103 e. The van der Waals surface area contributed by atoms with E-state index in [1.54, 1.807) is 12.4 Å². The van der Waals surface area contributed by atoms with Crippen molar-refractivity contribution in [2.24, 2.45) is 0 Å². The van der Waals surface area contributed by atoms with Crippen molar-refractivity contribution in [2.75, 3.05) is 0 Å². The molecule has 13 heavy (non-hydrogen) atoms. The Morgan fingerprint density at radius 3 is 2.77 bits per heavy atom. The zero-order chi connectivity index (χ0) is 9.26. The molecule has 0 atom stereocenters. The van der Waals surface area contributed by atoms with E-state index in [0.717, 1.165) is 21.9 Å². The Hall–Kier alpha value is -0.960. The lowest BCUT2D eigenvalue weighted by atomic mass is 10.1. The number of hydrogen-bond donors (Lipinski definition) is 0. The normalized spacial score (nSPS) is 10.6. The standard InChI is InChI=1S/C10H9BrN2/c1-2-7-5-8(11)10-9(6-7)12-3-4-13-10/h3-6H,2H2,1H3. The molecule has 0 unspecified atom stereocenters. The number of nitrogens with zero attached hydrogens (tertiary/aromatic N) is 2. The largest absolute Gasteiger partial charge is 0.253 e. The van der Waals surface area contributed by atoms with Crippen molar-refractivity contribution in [1.29, 1.82) is 0 Å². The Bertz CT molecular complexity index is 440. The third-order valence-corrected chi connectivity index (χ3v) is 2.60. The van der Waals surface area contributed by atoms with Crippen molar-refractivity contribution in [3.63, 3.8) is 0 Å². The van der Waals surface area contributed by atoms with Crippen LogP contribution in [0.5, 0.6) is 0 Å². The van der Waals surface area contributed by atoms with Crippen LogP contribution in [-0.2, 0) is 6.42 Å². The highest BCUT2D eigenvalue weighted by Crippen LogP contribution is 2.22. The molecular formula is C10H9BrN2. The molecular weight excluding hydrogens is 228 g/mol. The minimum absolute atomic E-state index is 0.930. The van der Waals surface area contributed by atoms with Crippen molar-refractivity contribution in [1.82, 2.24) is 9.97 Å². The molecule has 2 nitrogen and oxygen atoms in total. The van der Waals surface area contributed by atoms with E-state index in [1.165, 1.54) is 5.56 Å². The lowest BCUT2D eigenvalue weighted by Crippen LogP contribution is -1.87. The number of aryl methyl sites for hydroxylation is 1. The predicted molar refractivity (Wildman–Crippen MR) is 56.6 cm³/mol. The van der Waals surface area contributed by atoms with Gasteiger partial charge in [-0.2, -0.15) is 0 Å². The molecule has 0 radical (unpaired) electrons. The van der Waals surface area contributed by atoms with Gasteiger partial charge in [-0.1, -0.05) is 6.92 Å². The van der Waals surface area contributed by atoms with Crippen LogP contribution in [0.4, 0.5) is 0 Å². The number of hydrogen-bond acceptors (Lipinski definition) is 2. The molecule has 66 valence electrons. The molecule has 0 aliphatic rings. The fourth-order valence-corrected chi connectivity index (χ4v) is 1.89. The molecule has 1 heterocycles. The van der Waals surface area contributed by atoms with Crippen LogP contribution in [0.1, 0.15) is 12.5 Å². The lowest BCUT2D eigenvalue weighted by molar-refractivity contribution is 1.13. The quantitative estimate of drug-likeness (QED) is 0.761. The van der Waals surface area contributed by atoms with Crippen LogP contribution in [0, 0.1) is 0 Å². The third kappa shape index (κ3) is 1.56. The highest BCUT2D eigenvalue weighted by Gasteiger charge is 2.01. The van der Waals surface area contributed by atoms with E-state index in [-0.39, 0.29) is 0 Å². The van der Waals surface area contributed by atoms with Crippen molar-refractivity contribution >= 4 is 27.0 Å². The van der Waals surface area contributed by atoms with Crippen molar-refractivity contribution < 1.29 is 0 Å². The Balaban J connectivity index is 2.77. The highest BCUT2D eigenvalue weighted by atomic mass is 79.9. The van der Waals surface area contributed by atoms with Gasteiger partial charge in [-0.25, -0.2) is 0 Å². The molecule has 0 aliphatic heterocycles.